The summed E-state index contributed by atoms with van der Waals surface area (Å²) in [6.07, 6.45) is 6.73. The second-order valence-electron chi connectivity index (χ2n) is 9.58. The van der Waals surface area contributed by atoms with Crippen molar-refractivity contribution in [3.05, 3.63) is 76.4 Å². The Balaban J connectivity index is 1.36. The number of fused-ring (bicyclic) bond motifs is 1. The van der Waals surface area contributed by atoms with Gasteiger partial charge in [-0.15, -0.1) is 11.3 Å². The molecule has 3 atom stereocenters. The number of aromatic amines is 1. The summed E-state index contributed by atoms with van der Waals surface area (Å²) in [7, 11) is 0. The highest BCUT2D eigenvalue weighted by Gasteiger charge is 2.39. The van der Waals surface area contributed by atoms with Gasteiger partial charge in [-0.25, -0.2) is 9.97 Å². The van der Waals surface area contributed by atoms with E-state index in [0.29, 0.717) is 6.42 Å². The minimum atomic E-state index is -1.01. The predicted octanol–water partition coefficient (Wildman–Crippen LogP) is 1.34. The van der Waals surface area contributed by atoms with Crippen LogP contribution in [0.2, 0.25) is 0 Å². The van der Waals surface area contributed by atoms with E-state index in [1.807, 2.05) is 24.3 Å². The molecule has 40 heavy (non-hydrogen) atoms. The monoisotopic (exact) mass is 560 g/mol. The van der Waals surface area contributed by atoms with E-state index in [2.05, 4.69) is 30.6 Å². The first-order valence-electron chi connectivity index (χ1n) is 12.7. The second kappa shape index (κ2) is 11.6. The molecule has 3 unspecified atom stereocenters. The van der Waals surface area contributed by atoms with Crippen LogP contribution >= 0.6 is 11.3 Å². The normalized spacial score (nSPS) is 17.8. The summed E-state index contributed by atoms with van der Waals surface area (Å²) in [5.74, 6) is -2.06. The SMILES string of the molecule is Cc1nc(C(=O)N2CCC(NC(=O)c3cnccn3)CC2C(=O)NC(Cc2c[nH]c3ccccc23)C(N)=O)cs1. The summed E-state index contributed by atoms with van der Waals surface area (Å²) >= 11 is 1.34. The number of carbonyl (C=O) groups excluding carboxylic acids is 4. The van der Waals surface area contributed by atoms with Crippen molar-refractivity contribution in [1.29, 1.82) is 0 Å². The van der Waals surface area contributed by atoms with Gasteiger partial charge in [-0.2, -0.15) is 0 Å². The molecule has 4 amide bonds. The Morgan fingerprint density at radius 2 is 2.02 bits per heavy atom. The zero-order chi connectivity index (χ0) is 28.2. The summed E-state index contributed by atoms with van der Waals surface area (Å²) in [5, 5.41) is 8.94. The van der Waals surface area contributed by atoms with Gasteiger partial charge < -0.3 is 26.3 Å². The highest BCUT2D eigenvalue weighted by atomic mass is 32.1. The van der Waals surface area contributed by atoms with E-state index in [4.69, 9.17) is 5.73 Å². The summed E-state index contributed by atoms with van der Waals surface area (Å²) in [4.78, 5) is 69.0. The first-order valence-corrected chi connectivity index (χ1v) is 13.6. The Hall–Kier alpha value is -4.65. The molecule has 0 spiro atoms. The number of H-pyrrole nitrogens is 1. The maximum Gasteiger partial charge on any atom is 0.274 e. The van der Waals surface area contributed by atoms with Gasteiger partial charge in [0.2, 0.25) is 11.8 Å². The number of nitrogens with zero attached hydrogens (tertiary/aromatic N) is 4. The Kier molecular flexibility index (Phi) is 7.82. The fourth-order valence-corrected chi connectivity index (χ4v) is 5.47. The van der Waals surface area contributed by atoms with Crippen molar-refractivity contribution in [3.8, 4) is 0 Å². The van der Waals surface area contributed by atoms with E-state index in [9.17, 15) is 19.2 Å². The number of piperidine rings is 1. The number of amides is 4. The number of para-hydroxylation sites is 1. The van der Waals surface area contributed by atoms with Crippen molar-refractivity contribution in [2.75, 3.05) is 6.54 Å². The molecule has 3 aromatic heterocycles. The molecule has 5 N–H and O–H groups in total. The number of likely N-dealkylation sites (tertiary alicyclic amines) is 1. The molecule has 13 heteroatoms. The second-order valence-corrected chi connectivity index (χ2v) is 10.6. The van der Waals surface area contributed by atoms with Gasteiger partial charge in [-0.3, -0.25) is 24.2 Å². The number of hydrogen-bond donors (Lipinski definition) is 4. The van der Waals surface area contributed by atoms with Gasteiger partial charge in [-0.1, -0.05) is 18.2 Å². The molecule has 4 aromatic rings. The minimum Gasteiger partial charge on any atom is -0.368 e. The zero-order valence-electron chi connectivity index (χ0n) is 21.7. The molecule has 1 aromatic carbocycles. The molecule has 0 aliphatic carbocycles. The van der Waals surface area contributed by atoms with Crippen molar-refractivity contribution in [3.63, 3.8) is 0 Å². The van der Waals surface area contributed by atoms with Crippen LogP contribution in [0.3, 0.4) is 0 Å². The Morgan fingerprint density at radius 3 is 2.75 bits per heavy atom. The smallest absolute Gasteiger partial charge is 0.274 e. The van der Waals surface area contributed by atoms with Gasteiger partial charge in [0, 0.05) is 53.9 Å². The van der Waals surface area contributed by atoms with Crippen LogP contribution in [-0.2, 0) is 16.0 Å². The van der Waals surface area contributed by atoms with Crippen LogP contribution < -0.4 is 16.4 Å². The number of benzene rings is 1. The fraction of sp³-hybridized carbons (Fsp3) is 0.296. The third-order valence-electron chi connectivity index (χ3n) is 6.89. The van der Waals surface area contributed by atoms with E-state index < -0.39 is 41.8 Å². The third kappa shape index (κ3) is 5.83. The largest absolute Gasteiger partial charge is 0.368 e. The molecule has 1 aliphatic rings. The Labute approximate surface area is 233 Å². The maximum absolute atomic E-state index is 13.7. The topological polar surface area (TPSA) is 176 Å². The van der Waals surface area contributed by atoms with Crippen LogP contribution in [0.4, 0.5) is 0 Å². The average molecular weight is 561 g/mol. The summed E-state index contributed by atoms with van der Waals surface area (Å²) in [6.45, 7) is 1.99. The predicted molar refractivity (Wildman–Crippen MR) is 147 cm³/mol. The van der Waals surface area contributed by atoms with Gasteiger partial charge in [-0.05, 0) is 31.4 Å². The van der Waals surface area contributed by atoms with Crippen LogP contribution in [0.25, 0.3) is 10.9 Å². The highest BCUT2D eigenvalue weighted by Crippen LogP contribution is 2.23. The summed E-state index contributed by atoms with van der Waals surface area (Å²) < 4.78 is 0. The van der Waals surface area contributed by atoms with Gasteiger partial charge in [0.15, 0.2) is 0 Å². The number of aryl methyl sites for hydroxylation is 1. The quantitative estimate of drug-likeness (QED) is 0.251. The lowest BCUT2D eigenvalue weighted by atomic mass is 9.95. The molecule has 206 valence electrons. The molecule has 12 nitrogen and oxygen atoms in total. The molecule has 0 bridgehead atoms. The molecule has 0 radical (unpaired) electrons. The van der Waals surface area contributed by atoms with Crippen molar-refractivity contribution in [1.82, 2.24) is 35.5 Å². The first-order chi connectivity index (χ1) is 19.3. The van der Waals surface area contributed by atoms with Crippen LogP contribution in [0, 0.1) is 6.92 Å². The van der Waals surface area contributed by atoms with E-state index in [0.717, 1.165) is 21.5 Å². The lowest BCUT2D eigenvalue weighted by molar-refractivity contribution is -0.131. The summed E-state index contributed by atoms with van der Waals surface area (Å²) in [6, 6.07) is 5.21. The van der Waals surface area contributed by atoms with E-state index in [1.54, 1.807) is 18.5 Å². The molecule has 1 saturated heterocycles. The van der Waals surface area contributed by atoms with Crippen LogP contribution in [0.15, 0.2) is 54.4 Å². The number of primary amides is 1. The van der Waals surface area contributed by atoms with Gasteiger partial charge in [0.25, 0.3) is 11.8 Å². The first kappa shape index (κ1) is 26.9. The number of nitrogens with two attached hydrogens (primary N) is 1. The Morgan fingerprint density at radius 1 is 1.20 bits per heavy atom. The van der Waals surface area contributed by atoms with Crippen LogP contribution in [0.5, 0.6) is 0 Å². The van der Waals surface area contributed by atoms with E-state index in [-0.39, 0.29) is 30.8 Å². The maximum atomic E-state index is 13.7. The molecular weight excluding hydrogens is 532 g/mol. The van der Waals surface area contributed by atoms with Crippen LogP contribution in [0.1, 0.15) is 44.4 Å². The van der Waals surface area contributed by atoms with Gasteiger partial charge in [0.05, 0.1) is 11.2 Å². The number of nitrogens with one attached hydrogen (secondary N) is 3. The molecule has 5 rings (SSSR count). The van der Waals surface area contributed by atoms with Crippen LogP contribution in [-0.4, -0.2) is 73.1 Å². The Bertz CT molecular complexity index is 1550. The number of rotatable bonds is 8. The van der Waals surface area contributed by atoms with E-state index >= 15 is 0 Å². The third-order valence-corrected chi connectivity index (χ3v) is 7.67. The highest BCUT2D eigenvalue weighted by molar-refractivity contribution is 7.09. The lowest BCUT2D eigenvalue weighted by Crippen LogP contribution is -2.59. The van der Waals surface area contributed by atoms with E-state index in [1.165, 1.54) is 34.8 Å². The van der Waals surface area contributed by atoms with Gasteiger partial charge >= 0.3 is 0 Å². The zero-order valence-corrected chi connectivity index (χ0v) is 22.5. The molecule has 1 fully saturated rings. The number of carbonyl (C=O) groups is 4. The van der Waals surface area contributed by atoms with Crippen molar-refractivity contribution < 1.29 is 19.2 Å². The minimum absolute atomic E-state index is 0.130. The number of thiazole rings is 1. The molecular formula is C27H28N8O4S. The standard InChI is InChI=1S/C27H28N8O4S/c1-15-32-22(14-40-15)27(39)35-9-6-17(33-25(37)21-13-29-7-8-30-21)11-23(35)26(38)34-20(24(28)36)10-16-12-31-19-5-3-2-4-18(16)19/h2-5,7-8,12-14,17,20,23,31H,6,9-11H2,1H3,(H2,28,36)(H,33,37)(H,34,38). The summed E-state index contributed by atoms with van der Waals surface area (Å²) in [5.41, 5.74) is 7.81. The number of hydrogen-bond acceptors (Lipinski definition) is 8. The molecule has 1 aliphatic heterocycles. The lowest BCUT2D eigenvalue weighted by Gasteiger charge is -2.39. The van der Waals surface area contributed by atoms with Gasteiger partial charge in [0.1, 0.15) is 23.5 Å². The van der Waals surface area contributed by atoms with Crippen molar-refractivity contribution in [2.24, 2.45) is 5.73 Å². The van der Waals surface area contributed by atoms with Crippen molar-refractivity contribution in [2.45, 2.75) is 44.3 Å². The van der Waals surface area contributed by atoms with Crippen molar-refractivity contribution >= 4 is 45.9 Å². The average Bonchev–Trinajstić information content (AvgIpc) is 3.58. The molecule has 4 heterocycles. The molecule has 0 saturated carbocycles. The number of aromatic nitrogens is 4. The fourth-order valence-electron chi connectivity index (χ4n) is 4.88.